The predicted molar refractivity (Wildman–Crippen MR) is 72.7 cm³/mol. The van der Waals surface area contributed by atoms with Gasteiger partial charge in [-0.15, -0.1) is 0 Å². The summed E-state index contributed by atoms with van der Waals surface area (Å²) in [5.41, 5.74) is 0.372. The molecule has 1 unspecified atom stereocenters. The van der Waals surface area contributed by atoms with Crippen LogP contribution >= 0.6 is 0 Å². The molecule has 0 spiro atoms. The number of benzene rings is 1. The minimum atomic E-state index is -0.338. The third kappa shape index (κ3) is 2.86. The van der Waals surface area contributed by atoms with E-state index < -0.39 is 0 Å². The molecule has 0 saturated carbocycles. The Labute approximate surface area is 116 Å². The fourth-order valence-corrected chi connectivity index (χ4v) is 2.43. The van der Waals surface area contributed by atoms with Crippen molar-refractivity contribution < 1.29 is 8.91 Å². The molecule has 1 aliphatic rings. The molecule has 6 heteroatoms. The number of aromatic nitrogens is 2. The van der Waals surface area contributed by atoms with Crippen LogP contribution in [-0.2, 0) is 6.42 Å². The van der Waals surface area contributed by atoms with Crippen LogP contribution in [0.15, 0.2) is 28.8 Å². The summed E-state index contributed by atoms with van der Waals surface area (Å²) in [7, 11) is 2.09. The van der Waals surface area contributed by atoms with Crippen molar-refractivity contribution in [3.8, 4) is 11.4 Å². The molecule has 20 heavy (non-hydrogen) atoms. The number of piperazine rings is 1. The lowest BCUT2D eigenvalue weighted by atomic mass is 10.1. The average Bonchev–Trinajstić information content (AvgIpc) is 2.87. The normalized spacial score (nSPS) is 20.2. The molecule has 1 N–H and O–H groups in total. The SMILES string of the molecule is CN1CCNC(Cc2nc(-c3ccccc3F)no2)C1. The monoisotopic (exact) mass is 276 g/mol. The predicted octanol–water partition coefficient (Wildman–Crippen LogP) is 1.32. The Morgan fingerprint density at radius 2 is 2.30 bits per heavy atom. The molecule has 2 heterocycles. The van der Waals surface area contributed by atoms with Crippen LogP contribution in [0.5, 0.6) is 0 Å². The van der Waals surface area contributed by atoms with Gasteiger partial charge in [-0.1, -0.05) is 17.3 Å². The number of hydrogen-bond acceptors (Lipinski definition) is 5. The molecule has 1 fully saturated rings. The summed E-state index contributed by atoms with van der Waals surface area (Å²) < 4.78 is 18.9. The van der Waals surface area contributed by atoms with E-state index in [9.17, 15) is 4.39 Å². The first-order valence-corrected chi connectivity index (χ1v) is 6.72. The Hall–Kier alpha value is -1.79. The van der Waals surface area contributed by atoms with E-state index in [0.29, 0.717) is 29.7 Å². The quantitative estimate of drug-likeness (QED) is 0.916. The Bertz CT molecular complexity index is 586. The van der Waals surface area contributed by atoms with Gasteiger partial charge in [-0.25, -0.2) is 4.39 Å². The summed E-state index contributed by atoms with van der Waals surface area (Å²) in [6.07, 6.45) is 0.659. The molecule has 1 aliphatic heterocycles. The first-order valence-electron chi connectivity index (χ1n) is 6.72. The summed E-state index contributed by atoms with van der Waals surface area (Å²) >= 11 is 0. The largest absolute Gasteiger partial charge is 0.339 e. The Balaban J connectivity index is 1.72. The molecular weight excluding hydrogens is 259 g/mol. The van der Waals surface area contributed by atoms with Gasteiger partial charge in [-0.05, 0) is 19.2 Å². The minimum absolute atomic E-state index is 0.294. The van der Waals surface area contributed by atoms with Crippen LogP contribution in [-0.4, -0.2) is 47.8 Å². The van der Waals surface area contributed by atoms with E-state index in [1.807, 2.05) is 0 Å². The number of nitrogens with zero attached hydrogens (tertiary/aromatic N) is 3. The van der Waals surface area contributed by atoms with Crippen LogP contribution in [0.2, 0.25) is 0 Å². The molecule has 1 aromatic heterocycles. The van der Waals surface area contributed by atoms with Crippen LogP contribution < -0.4 is 5.32 Å². The zero-order valence-electron chi connectivity index (χ0n) is 11.3. The second kappa shape index (κ2) is 5.68. The first kappa shape index (κ1) is 13.2. The highest BCUT2D eigenvalue weighted by Gasteiger charge is 2.20. The summed E-state index contributed by atoms with van der Waals surface area (Å²) in [6, 6.07) is 6.73. The standard InChI is InChI=1S/C14H17FN4O/c1-19-7-6-16-10(9-19)8-13-17-14(18-20-13)11-4-2-3-5-12(11)15/h2-5,10,16H,6-9H2,1H3. The number of halogens is 1. The maximum Gasteiger partial charge on any atom is 0.228 e. The zero-order chi connectivity index (χ0) is 13.9. The number of likely N-dealkylation sites (N-methyl/N-ethyl adjacent to an activating group) is 1. The summed E-state index contributed by atoms with van der Waals surface area (Å²) in [6.45, 7) is 2.94. The van der Waals surface area contributed by atoms with E-state index in [1.54, 1.807) is 18.2 Å². The summed E-state index contributed by atoms with van der Waals surface area (Å²) in [5, 5.41) is 7.28. The van der Waals surface area contributed by atoms with Gasteiger partial charge in [0.25, 0.3) is 0 Å². The Morgan fingerprint density at radius 3 is 3.10 bits per heavy atom. The van der Waals surface area contributed by atoms with Gasteiger partial charge in [0.1, 0.15) is 5.82 Å². The molecule has 0 amide bonds. The van der Waals surface area contributed by atoms with E-state index in [4.69, 9.17) is 4.52 Å². The molecule has 2 aromatic rings. The molecule has 5 nitrogen and oxygen atoms in total. The van der Waals surface area contributed by atoms with Gasteiger partial charge < -0.3 is 14.7 Å². The third-order valence-corrected chi connectivity index (χ3v) is 3.46. The van der Waals surface area contributed by atoms with Crippen molar-refractivity contribution in [3.63, 3.8) is 0 Å². The van der Waals surface area contributed by atoms with E-state index in [1.165, 1.54) is 6.07 Å². The van der Waals surface area contributed by atoms with Crippen molar-refractivity contribution in [2.75, 3.05) is 26.7 Å². The summed E-state index contributed by atoms with van der Waals surface area (Å²) in [4.78, 5) is 6.54. The lowest BCUT2D eigenvalue weighted by Crippen LogP contribution is -2.49. The molecule has 106 valence electrons. The van der Waals surface area contributed by atoms with Gasteiger partial charge in [0, 0.05) is 32.1 Å². The number of hydrogen-bond donors (Lipinski definition) is 1. The van der Waals surface area contributed by atoms with Gasteiger partial charge >= 0.3 is 0 Å². The molecule has 0 aliphatic carbocycles. The van der Waals surface area contributed by atoms with Crippen LogP contribution in [0, 0.1) is 5.82 Å². The lowest BCUT2D eigenvalue weighted by Gasteiger charge is -2.29. The fourth-order valence-electron chi connectivity index (χ4n) is 2.43. The molecular formula is C14H17FN4O. The van der Waals surface area contributed by atoms with Crippen LogP contribution in [0.4, 0.5) is 4.39 Å². The van der Waals surface area contributed by atoms with E-state index >= 15 is 0 Å². The van der Waals surface area contributed by atoms with Crippen molar-refractivity contribution in [1.82, 2.24) is 20.4 Å². The van der Waals surface area contributed by atoms with Crippen LogP contribution in [0.25, 0.3) is 11.4 Å². The van der Waals surface area contributed by atoms with Crippen LogP contribution in [0.3, 0.4) is 0 Å². The maximum atomic E-state index is 13.7. The van der Waals surface area contributed by atoms with Gasteiger partial charge in [0.15, 0.2) is 0 Å². The Kier molecular flexibility index (Phi) is 3.75. The average molecular weight is 276 g/mol. The van der Waals surface area contributed by atoms with Crippen molar-refractivity contribution in [1.29, 1.82) is 0 Å². The van der Waals surface area contributed by atoms with Crippen molar-refractivity contribution >= 4 is 0 Å². The van der Waals surface area contributed by atoms with Crippen LogP contribution in [0.1, 0.15) is 5.89 Å². The van der Waals surface area contributed by atoms with Crippen molar-refractivity contribution in [3.05, 3.63) is 36.0 Å². The highest BCUT2D eigenvalue weighted by Crippen LogP contribution is 2.19. The fraction of sp³-hybridized carbons (Fsp3) is 0.429. The van der Waals surface area contributed by atoms with Gasteiger partial charge in [0.2, 0.25) is 11.7 Å². The molecule has 1 atom stereocenters. The van der Waals surface area contributed by atoms with Crippen molar-refractivity contribution in [2.45, 2.75) is 12.5 Å². The topological polar surface area (TPSA) is 54.2 Å². The van der Waals surface area contributed by atoms with Crippen molar-refractivity contribution in [2.24, 2.45) is 0 Å². The molecule has 3 rings (SSSR count). The second-order valence-electron chi connectivity index (χ2n) is 5.11. The van der Waals surface area contributed by atoms with Gasteiger partial charge in [-0.2, -0.15) is 4.98 Å². The highest BCUT2D eigenvalue weighted by molar-refractivity contribution is 5.54. The molecule has 0 radical (unpaired) electrons. The number of rotatable bonds is 3. The second-order valence-corrected chi connectivity index (χ2v) is 5.11. The minimum Gasteiger partial charge on any atom is -0.339 e. The number of nitrogens with one attached hydrogen (secondary N) is 1. The lowest BCUT2D eigenvalue weighted by molar-refractivity contribution is 0.227. The smallest absolute Gasteiger partial charge is 0.228 e. The van der Waals surface area contributed by atoms with E-state index in [-0.39, 0.29) is 5.82 Å². The maximum absolute atomic E-state index is 13.7. The Morgan fingerprint density at radius 1 is 1.45 bits per heavy atom. The highest BCUT2D eigenvalue weighted by atomic mass is 19.1. The molecule has 1 aromatic carbocycles. The van der Waals surface area contributed by atoms with Gasteiger partial charge in [-0.3, -0.25) is 0 Å². The van der Waals surface area contributed by atoms with E-state index in [0.717, 1.165) is 19.6 Å². The van der Waals surface area contributed by atoms with E-state index in [2.05, 4.69) is 27.4 Å². The molecule has 1 saturated heterocycles. The first-order chi connectivity index (χ1) is 9.72. The molecule has 0 bridgehead atoms. The zero-order valence-corrected chi connectivity index (χ0v) is 11.3. The third-order valence-electron chi connectivity index (χ3n) is 3.46. The van der Waals surface area contributed by atoms with Gasteiger partial charge in [0.05, 0.1) is 5.56 Å². The summed E-state index contributed by atoms with van der Waals surface area (Å²) in [5.74, 6) is 0.508.